The fourth-order valence-corrected chi connectivity index (χ4v) is 2.62. The number of rotatable bonds is 6. The summed E-state index contributed by atoms with van der Waals surface area (Å²) in [5.41, 5.74) is 1.31. The maximum absolute atomic E-state index is 13.6. The van der Waals surface area contributed by atoms with E-state index in [0.717, 1.165) is 11.9 Å². The van der Waals surface area contributed by atoms with Crippen molar-refractivity contribution in [2.24, 2.45) is 0 Å². The molecule has 1 aromatic carbocycles. The van der Waals surface area contributed by atoms with Gasteiger partial charge in [0.1, 0.15) is 11.6 Å². The monoisotopic (exact) mass is 375 g/mol. The minimum atomic E-state index is -0.367. The van der Waals surface area contributed by atoms with Gasteiger partial charge in [-0.05, 0) is 28.4 Å². The highest BCUT2D eigenvalue weighted by molar-refractivity contribution is 9.10. The number of hydrogen-bond acceptors (Lipinski definition) is 2. The normalized spacial score (nSPS) is 11.0. The summed E-state index contributed by atoms with van der Waals surface area (Å²) in [6.07, 6.45) is 1.24. The van der Waals surface area contributed by atoms with Crippen LogP contribution in [0.3, 0.4) is 0 Å². The molecule has 0 saturated carbocycles. The number of benzene rings is 1. The molecule has 2 aromatic rings. The first-order valence-electron chi connectivity index (χ1n) is 6.73. The predicted molar refractivity (Wildman–Crippen MR) is 84.9 cm³/mol. The smallest absolute Gasteiger partial charge is 0.221 e. The average molecular weight is 377 g/mol. The number of nitrogens with zero attached hydrogens (tertiary/aromatic N) is 2. The van der Waals surface area contributed by atoms with E-state index >= 15 is 0 Å². The van der Waals surface area contributed by atoms with Crippen LogP contribution >= 0.6 is 27.5 Å². The van der Waals surface area contributed by atoms with Gasteiger partial charge >= 0.3 is 0 Å². The van der Waals surface area contributed by atoms with Crippen LogP contribution in [0.5, 0.6) is 0 Å². The van der Waals surface area contributed by atoms with Crippen LogP contribution in [0.4, 0.5) is 4.39 Å². The zero-order chi connectivity index (χ0) is 15.4. The molecule has 0 saturated heterocycles. The van der Waals surface area contributed by atoms with Crippen LogP contribution in [0.25, 0.3) is 11.0 Å². The summed E-state index contributed by atoms with van der Waals surface area (Å²) < 4.78 is 15.8. The number of halogens is 3. The average Bonchev–Trinajstić information content (AvgIpc) is 2.80. The Hall–Kier alpha value is -1.14. The summed E-state index contributed by atoms with van der Waals surface area (Å²) in [4.78, 5) is 16.0. The van der Waals surface area contributed by atoms with Crippen molar-refractivity contribution in [3.05, 3.63) is 28.2 Å². The van der Waals surface area contributed by atoms with Crippen molar-refractivity contribution >= 4 is 44.5 Å². The van der Waals surface area contributed by atoms with E-state index in [-0.39, 0.29) is 17.6 Å². The Balaban J connectivity index is 2.25. The topological polar surface area (TPSA) is 46.9 Å². The third kappa shape index (κ3) is 3.74. The van der Waals surface area contributed by atoms with Crippen LogP contribution in [0.1, 0.15) is 25.6 Å². The second-order valence-corrected chi connectivity index (χ2v) is 5.79. The number of amides is 1. The first-order chi connectivity index (χ1) is 10.1. The van der Waals surface area contributed by atoms with Gasteiger partial charge in [0.05, 0.1) is 21.4 Å². The maximum Gasteiger partial charge on any atom is 0.221 e. The molecular weight excluding hydrogens is 361 g/mol. The minimum absolute atomic E-state index is 0.0135. The number of carbonyl (C=O) groups is 1. The summed E-state index contributed by atoms with van der Waals surface area (Å²) >= 11 is 9.06. The molecule has 1 heterocycles. The quantitative estimate of drug-likeness (QED) is 0.783. The molecule has 0 unspecified atom stereocenters. The van der Waals surface area contributed by atoms with Crippen molar-refractivity contribution < 1.29 is 9.18 Å². The number of alkyl halides is 1. The molecular formula is C14H16BrClFN3O. The largest absolute Gasteiger partial charge is 0.356 e. The van der Waals surface area contributed by atoms with Crippen LogP contribution < -0.4 is 5.32 Å². The third-order valence-corrected chi connectivity index (χ3v) is 3.97. The van der Waals surface area contributed by atoms with Gasteiger partial charge in [0.25, 0.3) is 0 Å². The van der Waals surface area contributed by atoms with Crippen molar-refractivity contribution in [2.75, 3.05) is 6.54 Å². The molecule has 0 aliphatic rings. The van der Waals surface area contributed by atoms with E-state index in [0.29, 0.717) is 35.3 Å². The maximum atomic E-state index is 13.6. The van der Waals surface area contributed by atoms with Gasteiger partial charge in [0, 0.05) is 25.6 Å². The molecule has 1 N–H and O–H groups in total. The number of aryl methyl sites for hydroxylation is 1. The summed E-state index contributed by atoms with van der Waals surface area (Å²) in [6.45, 7) is 3.14. The standard InChI is InChI=1S/C14H16BrClFN3O/c1-2-4-18-14(21)3-5-20-12-6-9(15)10(17)7-11(12)19-13(20)8-16/h6-7H,2-5,8H2,1H3,(H,18,21). The molecule has 1 amide bonds. The van der Waals surface area contributed by atoms with Crippen LogP contribution in [0.15, 0.2) is 16.6 Å². The van der Waals surface area contributed by atoms with Crippen LogP contribution in [-0.2, 0) is 17.2 Å². The molecule has 0 bridgehead atoms. The van der Waals surface area contributed by atoms with Gasteiger partial charge in [-0.15, -0.1) is 11.6 Å². The Morgan fingerprint density at radius 2 is 2.29 bits per heavy atom. The lowest BCUT2D eigenvalue weighted by atomic mass is 10.3. The molecule has 21 heavy (non-hydrogen) atoms. The number of nitrogens with one attached hydrogen (secondary N) is 1. The van der Waals surface area contributed by atoms with Gasteiger partial charge in [0.15, 0.2) is 0 Å². The van der Waals surface area contributed by atoms with E-state index < -0.39 is 0 Å². The molecule has 0 aliphatic carbocycles. The van der Waals surface area contributed by atoms with Crippen LogP contribution in [0, 0.1) is 5.82 Å². The van der Waals surface area contributed by atoms with E-state index in [1.807, 2.05) is 11.5 Å². The highest BCUT2D eigenvalue weighted by Gasteiger charge is 2.13. The second-order valence-electron chi connectivity index (χ2n) is 4.67. The molecule has 2 rings (SSSR count). The lowest BCUT2D eigenvalue weighted by molar-refractivity contribution is -0.121. The molecule has 7 heteroatoms. The number of imidazole rings is 1. The number of hydrogen-bond donors (Lipinski definition) is 1. The Bertz CT molecular complexity index is 659. The second kappa shape index (κ2) is 7.22. The zero-order valence-corrected chi connectivity index (χ0v) is 14.0. The number of fused-ring (bicyclic) bond motifs is 1. The van der Waals surface area contributed by atoms with E-state index in [1.54, 1.807) is 6.07 Å². The van der Waals surface area contributed by atoms with Crippen molar-refractivity contribution in [3.8, 4) is 0 Å². The van der Waals surface area contributed by atoms with Gasteiger partial charge in [-0.1, -0.05) is 6.92 Å². The highest BCUT2D eigenvalue weighted by atomic mass is 79.9. The van der Waals surface area contributed by atoms with Crippen LogP contribution in [-0.4, -0.2) is 22.0 Å². The summed E-state index contributed by atoms with van der Waals surface area (Å²) in [7, 11) is 0. The van der Waals surface area contributed by atoms with Crippen LogP contribution in [0.2, 0.25) is 0 Å². The van der Waals surface area contributed by atoms with E-state index in [9.17, 15) is 9.18 Å². The lowest BCUT2D eigenvalue weighted by Gasteiger charge is -2.08. The van der Waals surface area contributed by atoms with Crippen molar-refractivity contribution in [3.63, 3.8) is 0 Å². The third-order valence-electron chi connectivity index (χ3n) is 3.12. The Morgan fingerprint density at radius 1 is 1.52 bits per heavy atom. The summed E-state index contributed by atoms with van der Waals surface area (Å²) in [5.74, 6) is 0.464. The number of carbonyl (C=O) groups excluding carboxylic acids is 1. The lowest BCUT2D eigenvalue weighted by Crippen LogP contribution is -2.25. The Morgan fingerprint density at radius 3 is 2.95 bits per heavy atom. The molecule has 1 aromatic heterocycles. The van der Waals surface area contributed by atoms with Gasteiger partial charge in [0.2, 0.25) is 5.91 Å². The summed E-state index contributed by atoms with van der Waals surface area (Å²) in [5, 5.41) is 2.83. The van der Waals surface area contributed by atoms with Crippen molar-refractivity contribution in [1.82, 2.24) is 14.9 Å². The molecule has 0 spiro atoms. The fourth-order valence-electron chi connectivity index (χ4n) is 2.09. The molecule has 114 valence electrons. The van der Waals surface area contributed by atoms with Gasteiger partial charge < -0.3 is 9.88 Å². The highest BCUT2D eigenvalue weighted by Crippen LogP contribution is 2.25. The first-order valence-corrected chi connectivity index (χ1v) is 8.06. The predicted octanol–water partition coefficient (Wildman–Crippen LogP) is 3.59. The van der Waals surface area contributed by atoms with E-state index in [4.69, 9.17) is 11.6 Å². The van der Waals surface area contributed by atoms with Crippen molar-refractivity contribution in [1.29, 1.82) is 0 Å². The minimum Gasteiger partial charge on any atom is -0.356 e. The Kier molecular flexibility index (Phi) is 5.58. The number of aromatic nitrogens is 2. The van der Waals surface area contributed by atoms with Gasteiger partial charge in [-0.3, -0.25) is 4.79 Å². The summed E-state index contributed by atoms with van der Waals surface area (Å²) in [6, 6.07) is 3.03. The van der Waals surface area contributed by atoms with Gasteiger partial charge in [-0.2, -0.15) is 0 Å². The molecule has 0 fully saturated rings. The fraction of sp³-hybridized carbons (Fsp3) is 0.429. The van der Waals surface area contributed by atoms with Gasteiger partial charge in [-0.25, -0.2) is 9.37 Å². The SMILES string of the molecule is CCCNC(=O)CCn1c(CCl)nc2cc(F)c(Br)cc21. The van der Waals surface area contributed by atoms with E-state index in [1.165, 1.54) is 6.07 Å². The molecule has 0 atom stereocenters. The first kappa shape index (κ1) is 16.2. The molecule has 4 nitrogen and oxygen atoms in total. The molecule has 0 radical (unpaired) electrons. The molecule has 0 aliphatic heterocycles. The zero-order valence-electron chi connectivity index (χ0n) is 11.6. The Labute approximate surface area is 135 Å². The van der Waals surface area contributed by atoms with Crippen molar-refractivity contribution in [2.45, 2.75) is 32.2 Å². The van der Waals surface area contributed by atoms with E-state index in [2.05, 4.69) is 26.2 Å².